The van der Waals surface area contributed by atoms with E-state index in [4.69, 9.17) is 5.73 Å². The van der Waals surface area contributed by atoms with Gasteiger partial charge in [0.15, 0.2) is 5.78 Å². The zero-order valence-corrected chi connectivity index (χ0v) is 16.1. The van der Waals surface area contributed by atoms with Gasteiger partial charge in [0.2, 0.25) is 5.91 Å². The molecular formula is C22H28F2N2O2. The summed E-state index contributed by atoms with van der Waals surface area (Å²) in [4.78, 5) is 27.5. The first-order chi connectivity index (χ1) is 13.4. The number of halogens is 2. The number of carbonyl (C=O) groups excluding carboxylic acids is 2. The number of hydrogen-bond donors (Lipinski definition) is 1. The van der Waals surface area contributed by atoms with Gasteiger partial charge in [-0.1, -0.05) is 6.42 Å². The molecule has 1 aromatic carbocycles. The number of amides is 1. The average Bonchev–Trinajstić information content (AvgIpc) is 2.69. The number of fused-ring (bicyclic) bond motifs is 2. The van der Waals surface area contributed by atoms with E-state index in [1.807, 2.05) is 4.90 Å². The van der Waals surface area contributed by atoms with E-state index < -0.39 is 11.6 Å². The molecule has 1 amide bonds. The van der Waals surface area contributed by atoms with Crippen LogP contribution < -0.4 is 5.73 Å². The van der Waals surface area contributed by atoms with Gasteiger partial charge in [-0.25, -0.2) is 8.78 Å². The van der Waals surface area contributed by atoms with Crippen LogP contribution in [-0.4, -0.2) is 35.7 Å². The lowest BCUT2D eigenvalue weighted by Gasteiger charge is -2.45. The summed E-state index contributed by atoms with van der Waals surface area (Å²) in [6.07, 6.45) is 6.22. The van der Waals surface area contributed by atoms with Gasteiger partial charge in [-0.05, 0) is 68.6 Å². The number of carbonyl (C=O) groups is 2. The molecule has 3 aliphatic rings. The third kappa shape index (κ3) is 3.71. The molecule has 1 aromatic rings. The van der Waals surface area contributed by atoms with Gasteiger partial charge in [-0.15, -0.1) is 0 Å². The first-order valence-electron chi connectivity index (χ1n) is 10.5. The fourth-order valence-corrected chi connectivity index (χ4v) is 5.52. The third-order valence-corrected chi connectivity index (χ3v) is 7.13. The number of nitrogens with two attached hydrogens (primary N) is 1. The van der Waals surface area contributed by atoms with Crippen molar-refractivity contribution in [1.82, 2.24) is 4.90 Å². The topological polar surface area (TPSA) is 63.4 Å². The minimum Gasteiger partial charge on any atom is -0.342 e. The number of likely N-dealkylation sites (tertiary alicyclic amines) is 1. The molecule has 1 aliphatic heterocycles. The van der Waals surface area contributed by atoms with Gasteiger partial charge in [0.05, 0.1) is 5.56 Å². The van der Waals surface area contributed by atoms with Gasteiger partial charge in [0, 0.05) is 31.0 Å². The SMILES string of the molecule is NC1C2CCCC1CC(C(=O)N1CCC(C(=O)c3cc(F)ccc3F)CC1)C2. The lowest BCUT2D eigenvalue weighted by molar-refractivity contribution is -0.139. The van der Waals surface area contributed by atoms with Crippen LogP contribution in [0.5, 0.6) is 0 Å². The molecule has 152 valence electrons. The average molecular weight is 390 g/mol. The molecule has 28 heavy (non-hydrogen) atoms. The summed E-state index contributed by atoms with van der Waals surface area (Å²) in [6.45, 7) is 1.01. The molecule has 0 aromatic heterocycles. The fourth-order valence-electron chi connectivity index (χ4n) is 5.52. The molecule has 1 heterocycles. The predicted molar refractivity (Wildman–Crippen MR) is 102 cm³/mol. The van der Waals surface area contributed by atoms with Gasteiger partial charge < -0.3 is 10.6 Å². The highest BCUT2D eigenvalue weighted by atomic mass is 19.1. The summed E-state index contributed by atoms with van der Waals surface area (Å²) in [6, 6.07) is 3.21. The molecule has 2 bridgehead atoms. The Balaban J connectivity index is 1.36. The van der Waals surface area contributed by atoms with Crippen molar-refractivity contribution in [1.29, 1.82) is 0 Å². The minimum absolute atomic E-state index is 0.0445. The number of ketones is 1. The summed E-state index contributed by atoms with van der Waals surface area (Å²) < 4.78 is 27.3. The molecule has 0 radical (unpaired) electrons. The number of benzene rings is 1. The normalized spacial score (nSPS) is 30.9. The van der Waals surface area contributed by atoms with Crippen molar-refractivity contribution in [3.05, 3.63) is 35.4 Å². The van der Waals surface area contributed by atoms with E-state index in [0.717, 1.165) is 43.9 Å². The van der Waals surface area contributed by atoms with Crippen LogP contribution in [0.3, 0.4) is 0 Å². The van der Waals surface area contributed by atoms with E-state index in [1.54, 1.807) is 0 Å². The van der Waals surface area contributed by atoms with E-state index >= 15 is 0 Å². The van der Waals surface area contributed by atoms with Crippen LogP contribution in [0.4, 0.5) is 8.78 Å². The van der Waals surface area contributed by atoms with Crippen molar-refractivity contribution in [2.24, 2.45) is 29.4 Å². The van der Waals surface area contributed by atoms with Crippen molar-refractivity contribution in [2.45, 2.75) is 51.0 Å². The van der Waals surface area contributed by atoms with Crippen LogP contribution >= 0.6 is 0 Å². The molecule has 3 fully saturated rings. The Morgan fingerprint density at radius 1 is 0.964 bits per heavy atom. The first-order valence-corrected chi connectivity index (χ1v) is 10.5. The molecule has 2 saturated carbocycles. The maximum absolute atomic E-state index is 13.9. The van der Waals surface area contributed by atoms with Gasteiger partial charge >= 0.3 is 0 Å². The third-order valence-electron chi connectivity index (χ3n) is 7.13. The number of piperidine rings is 1. The predicted octanol–water partition coefficient (Wildman–Crippen LogP) is 3.54. The second-order valence-corrected chi connectivity index (χ2v) is 8.78. The highest BCUT2D eigenvalue weighted by molar-refractivity contribution is 5.98. The van der Waals surface area contributed by atoms with Crippen molar-refractivity contribution < 1.29 is 18.4 Å². The molecule has 4 rings (SSSR count). The van der Waals surface area contributed by atoms with E-state index in [1.165, 1.54) is 6.42 Å². The second kappa shape index (κ2) is 7.90. The quantitative estimate of drug-likeness (QED) is 0.803. The maximum atomic E-state index is 13.9. The van der Waals surface area contributed by atoms with E-state index in [9.17, 15) is 18.4 Å². The second-order valence-electron chi connectivity index (χ2n) is 8.78. The summed E-state index contributed by atoms with van der Waals surface area (Å²) >= 11 is 0. The Labute approximate surface area is 164 Å². The summed E-state index contributed by atoms with van der Waals surface area (Å²) in [5, 5.41) is 0. The number of rotatable bonds is 3. The standard InChI is InChI=1S/C22H28F2N2O2/c23-17-4-5-19(24)18(12-17)21(27)13-6-8-26(9-7-13)22(28)16-10-14-2-1-3-15(11-16)20(14)25/h4-5,12-16,20H,1-3,6-11,25H2. The highest BCUT2D eigenvalue weighted by Gasteiger charge is 2.42. The molecule has 2 unspecified atom stereocenters. The maximum Gasteiger partial charge on any atom is 0.225 e. The molecule has 6 heteroatoms. The van der Waals surface area contributed by atoms with E-state index in [0.29, 0.717) is 37.8 Å². The smallest absolute Gasteiger partial charge is 0.225 e. The summed E-state index contributed by atoms with van der Waals surface area (Å²) in [5.74, 6) is -0.877. The van der Waals surface area contributed by atoms with Crippen molar-refractivity contribution >= 4 is 11.7 Å². The van der Waals surface area contributed by atoms with Gasteiger partial charge in [-0.2, -0.15) is 0 Å². The number of Topliss-reactive ketones (excluding diaryl/α,β-unsaturated/α-hetero) is 1. The van der Waals surface area contributed by atoms with E-state index in [-0.39, 0.29) is 35.1 Å². The Hall–Kier alpha value is -1.82. The minimum atomic E-state index is -0.685. The summed E-state index contributed by atoms with van der Waals surface area (Å²) in [7, 11) is 0. The monoisotopic (exact) mass is 390 g/mol. The fraction of sp³-hybridized carbons (Fsp3) is 0.636. The van der Waals surface area contributed by atoms with Crippen LogP contribution in [0, 0.1) is 35.3 Å². The Bertz CT molecular complexity index is 747. The van der Waals surface area contributed by atoms with Gasteiger partial charge in [0.1, 0.15) is 11.6 Å². The first kappa shape index (κ1) is 19.5. The number of hydrogen-bond acceptors (Lipinski definition) is 3. The molecule has 2 N–H and O–H groups in total. The van der Waals surface area contributed by atoms with Gasteiger partial charge in [0.25, 0.3) is 0 Å². The van der Waals surface area contributed by atoms with Crippen molar-refractivity contribution in [3.8, 4) is 0 Å². The largest absolute Gasteiger partial charge is 0.342 e. The molecule has 2 atom stereocenters. The van der Waals surface area contributed by atoms with Crippen LogP contribution in [0.15, 0.2) is 18.2 Å². The zero-order chi connectivity index (χ0) is 19.8. The van der Waals surface area contributed by atoms with Crippen LogP contribution in [0.2, 0.25) is 0 Å². The Morgan fingerprint density at radius 2 is 1.61 bits per heavy atom. The van der Waals surface area contributed by atoms with Crippen LogP contribution in [0.25, 0.3) is 0 Å². The lowest BCUT2D eigenvalue weighted by Crippen LogP contribution is -2.51. The summed E-state index contributed by atoms with van der Waals surface area (Å²) in [5.41, 5.74) is 6.15. The molecule has 1 saturated heterocycles. The van der Waals surface area contributed by atoms with Gasteiger partial charge in [-0.3, -0.25) is 9.59 Å². The number of nitrogens with zero attached hydrogens (tertiary/aromatic N) is 1. The molecule has 4 nitrogen and oxygen atoms in total. The zero-order valence-electron chi connectivity index (χ0n) is 16.1. The van der Waals surface area contributed by atoms with Crippen molar-refractivity contribution in [2.75, 3.05) is 13.1 Å². The molecule has 2 aliphatic carbocycles. The van der Waals surface area contributed by atoms with E-state index in [2.05, 4.69) is 0 Å². The van der Waals surface area contributed by atoms with Crippen molar-refractivity contribution in [3.63, 3.8) is 0 Å². The lowest BCUT2D eigenvalue weighted by atomic mass is 9.65. The van der Waals surface area contributed by atoms with Crippen LogP contribution in [0.1, 0.15) is 55.3 Å². The molecule has 0 spiro atoms. The Morgan fingerprint density at radius 3 is 2.25 bits per heavy atom. The molecular weight excluding hydrogens is 362 g/mol. The highest BCUT2D eigenvalue weighted by Crippen LogP contribution is 2.42. The van der Waals surface area contributed by atoms with Crippen LogP contribution in [-0.2, 0) is 4.79 Å². The Kier molecular flexibility index (Phi) is 5.50.